The summed E-state index contributed by atoms with van der Waals surface area (Å²) in [6, 6.07) is 0.153. The van der Waals surface area contributed by atoms with Crippen LogP contribution in [0.5, 0.6) is 0 Å². The maximum Gasteiger partial charge on any atom is 0.274 e. The lowest BCUT2D eigenvalue weighted by Crippen LogP contribution is -2.47. The molecule has 2 heterocycles. The molecule has 2 rings (SSSR count). The smallest absolute Gasteiger partial charge is 0.274 e. The van der Waals surface area contributed by atoms with E-state index in [-0.39, 0.29) is 23.3 Å². The van der Waals surface area contributed by atoms with Gasteiger partial charge in [-0.25, -0.2) is 4.98 Å². The molecule has 6 heteroatoms. The topological polar surface area (TPSA) is 75.2 Å². The van der Waals surface area contributed by atoms with Gasteiger partial charge in [0.05, 0.1) is 6.20 Å². The van der Waals surface area contributed by atoms with Crippen molar-refractivity contribution in [1.82, 2.24) is 20.2 Å². The van der Waals surface area contributed by atoms with Gasteiger partial charge in [0.2, 0.25) is 5.91 Å². The van der Waals surface area contributed by atoms with E-state index in [1.807, 2.05) is 0 Å². The van der Waals surface area contributed by atoms with Crippen molar-refractivity contribution in [2.75, 3.05) is 13.1 Å². The Balaban J connectivity index is 1.81. The van der Waals surface area contributed by atoms with Crippen molar-refractivity contribution in [2.45, 2.75) is 46.1 Å². The lowest BCUT2D eigenvalue weighted by atomic mass is 9.91. The summed E-state index contributed by atoms with van der Waals surface area (Å²) in [5, 5.41) is 3.07. The quantitative estimate of drug-likeness (QED) is 0.921. The van der Waals surface area contributed by atoms with Crippen LogP contribution in [0.15, 0.2) is 18.6 Å². The van der Waals surface area contributed by atoms with Gasteiger partial charge in [-0.3, -0.25) is 14.6 Å². The molecule has 0 saturated carbocycles. The molecule has 1 aliphatic rings. The number of amides is 2. The Morgan fingerprint density at radius 3 is 2.50 bits per heavy atom. The highest BCUT2D eigenvalue weighted by molar-refractivity contribution is 5.92. The Hall–Kier alpha value is -1.98. The number of piperidine rings is 1. The van der Waals surface area contributed by atoms with Crippen LogP contribution >= 0.6 is 0 Å². The second-order valence-corrected chi connectivity index (χ2v) is 6.96. The van der Waals surface area contributed by atoms with Gasteiger partial charge in [0, 0.05) is 37.9 Å². The summed E-state index contributed by atoms with van der Waals surface area (Å²) in [4.78, 5) is 33.9. The highest BCUT2D eigenvalue weighted by Crippen LogP contribution is 2.19. The molecule has 1 N–H and O–H groups in total. The number of hydrogen-bond donors (Lipinski definition) is 1. The Morgan fingerprint density at radius 2 is 1.95 bits per heavy atom. The van der Waals surface area contributed by atoms with E-state index in [0.717, 1.165) is 12.8 Å². The highest BCUT2D eigenvalue weighted by Gasteiger charge is 2.26. The van der Waals surface area contributed by atoms with Crippen molar-refractivity contribution in [2.24, 2.45) is 5.41 Å². The van der Waals surface area contributed by atoms with Crippen LogP contribution in [-0.4, -0.2) is 45.8 Å². The molecule has 0 unspecified atom stereocenters. The van der Waals surface area contributed by atoms with Crippen molar-refractivity contribution in [3.8, 4) is 0 Å². The molecular weight excluding hydrogens is 280 g/mol. The lowest BCUT2D eigenvalue weighted by Gasteiger charge is -2.32. The van der Waals surface area contributed by atoms with E-state index in [2.05, 4.69) is 36.1 Å². The average molecular weight is 304 g/mol. The first kappa shape index (κ1) is 16.4. The van der Waals surface area contributed by atoms with E-state index in [1.54, 1.807) is 11.1 Å². The van der Waals surface area contributed by atoms with Crippen molar-refractivity contribution in [3.63, 3.8) is 0 Å². The normalized spacial score (nSPS) is 16.4. The number of likely N-dealkylation sites (tertiary alicyclic amines) is 1. The van der Waals surface area contributed by atoms with Crippen LogP contribution in [0.1, 0.15) is 50.5 Å². The van der Waals surface area contributed by atoms with Crippen molar-refractivity contribution in [3.05, 3.63) is 24.3 Å². The van der Waals surface area contributed by atoms with E-state index in [4.69, 9.17) is 0 Å². The number of nitrogens with one attached hydrogen (secondary N) is 1. The minimum atomic E-state index is -0.0902. The van der Waals surface area contributed by atoms with Crippen LogP contribution in [0.4, 0.5) is 0 Å². The zero-order valence-electron chi connectivity index (χ0n) is 13.5. The molecule has 0 radical (unpaired) electrons. The molecule has 1 aromatic heterocycles. The van der Waals surface area contributed by atoms with Gasteiger partial charge in [-0.15, -0.1) is 0 Å². The standard InChI is InChI=1S/C16H24N4O2/c1-16(2,3)10-14(21)19-12-4-8-20(9-5-12)15(22)13-11-17-6-7-18-13/h6-7,11-12H,4-5,8-10H2,1-3H3,(H,19,21). The Labute approximate surface area is 131 Å². The van der Waals surface area contributed by atoms with Crippen LogP contribution < -0.4 is 5.32 Å². The number of nitrogens with zero attached hydrogens (tertiary/aromatic N) is 3. The van der Waals surface area contributed by atoms with Gasteiger partial charge in [-0.1, -0.05) is 20.8 Å². The van der Waals surface area contributed by atoms with Crippen molar-refractivity contribution in [1.29, 1.82) is 0 Å². The minimum Gasteiger partial charge on any atom is -0.353 e. The van der Waals surface area contributed by atoms with Crippen molar-refractivity contribution < 1.29 is 9.59 Å². The maximum atomic E-state index is 12.3. The monoisotopic (exact) mass is 304 g/mol. The first-order chi connectivity index (χ1) is 10.3. The van der Waals surface area contributed by atoms with Gasteiger partial charge < -0.3 is 10.2 Å². The summed E-state index contributed by atoms with van der Waals surface area (Å²) >= 11 is 0. The summed E-state index contributed by atoms with van der Waals surface area (Å²) in [6.07, 6.45) is 6.63. The van der Waals surface area contributed by atoms with Gasteiger partial charge >= 0.3 is 0 Å². The fourth-order valence-electron chi connectivity index (χ4n) is 2.56. The molecule has 0 aromatic carbocycles. The third kappa shape index (κ3) is 4.79. The first-order valence-corrected chi connectivity index (χ1v) is 7.70. The van der Waals surface area contributed by atoms with E-state index in [9.17, 15) is 9.59 Å². The largest absolute Gasteiger partial charge is 0.353 e. The highest BCUT2D eigenvalue weighted by atomic mass is 16.2. The molecule has 0 spiro atoms. The van der Waals surface area contributed by atoms with Crippen LogP contribution in [0.25, 0.3) is 0 Å². The Morgan fingerprint density at radius 1 is 1.27 bits per heavy atom. The molecule has 1 aliphatic heterocycles. The van der Waals surface area contributed by atoms with E-state index in [0.29, 0.717) is 25.2 Å². The predicted molar refractivity (Wildman–Crippen MR) is 83.2 cm³/mol. The second kappa shape index (κ2) is 6.85. The summed E-state index contributed by atoms with van der Waals surface area (Å²) in [7, 11) is 0. The molecule has 6 nitrogen and oxygen atoms in total. The number of carbonyl (C=O) groups excluding carboxylic acids is 2. The van der Waals surface area contributed by atoms with Crippen LogP contribution in [0.3, 0.4) is 0 Å². The van der Waals surface area contributed by atoms with E-state index >= 15 is 0 Å². The van der Waals surface area contributed by atoms with Gasteiger partial charge in [0.25, 0.3) is 5.91 Å². The van der Waals surface area contributed by atoms with Gasteiger partial charge in [0.15, 0.2) is 0 Å². The third-order valence-corrected chi connectivity index (χ3v) is 3.62. The van der Waals surface area contributed by atoms with Crippen LogP contribution in [-0.2, 0) is 4.79 Å². The summed E-state index contributed by atoms with van der Waals surface area (Å²) in [6.45, 7) is 7.42. The number of carbonyl (C=O) groups is 2. The number of hydrogen-bond acceptors (Lipinski definition) is 4. The van der Waals surface area contributed by atoms with Gasteiger partial charge in [0.1, 0.15) is 5.69 Å². The summed E-state index contributed by atoms with van der Waals surface area (Å²) in [5.74, 6) is -0.00114. The van der Waals surface area contributed by atoms with Crippen LogP contribution in [0.2, 0.25) is 0 Å². The predicted octanol–water partition coefficient (Wildman–Crippen LogP) is 1.63. The molecule has 1 fully saturated rings. The first-order valence-electron chi connectivity index (χ1n) is 7.70. The maximum absolute atomic E-state index is 12.3. The van der Waals surface area contributed by atoms with E-state index in [1.165, 1.54) is 12.4 Å². The van der Waals surface area contributed by atoms with Crippen molar-refractivity contribution >= 4 is 11.8 Å². The molecule has 0 atom stereocenters. The fraction of sp³-hybridized carbons (Fsp3) is 0.625. The number of rotatable bonds is 3. The molecule has 1 saturated heterocycles. The molecule has 0 aliphatic carbocycles. The van der Waals surface area contributed by atoms with Crippen LogP contribution in [0, 0.1) is 5.41 Å². The Bertz CT molecular complexity index is 517. The zero-order valence-corrected chi connectivity index (χ0v) is 13.5. The average Bonchev–Trinajstić information content (AvgIpc) is 2.46. The van der Waals surface area contributed by atoms with Gasteiger partial charge in [-0.05, 0) is 18.3 Å². The SMILES string of the molecule is CC(C)(C)CC(=O)NC1CCN(C(=O)c2cnccn2)CC1. The third-order valence-electron chi connectivity index (χ3n) is 3.62. The lowest BCUT2D eigenvalue weighted by molar-refractivity contribution is -0.123. The number of aromatic nitrogens is 2. The second-order valence-electron chi connectivity index (χ2n) is 6.96. The molecule has 22 heavy (non-hydrogen) atoms. The van der Waals surface area contributed by atoms with E-state index < -0.39 is 0 Å². The Kier molecular flexibility index (Phi) is 5.11. The summed E-state index contributed by atoms with van der Waals surface area (Å²) < 4.78 is 0. The van der Waals surface area contributed by atoms with Gasteiger partial charge in [-0.2, -0.15) is 0 Å². The molecule has 0 bridgehead atoms. The molecule has 1 aromatic rings. The zero-order chi connectivity index (χ0) is 16.2. The fourth-order valence-corrected chi connectivity index (χ4v) is 2.56. The molecular formula is C16H24N4O2. The minimum absolute atomic E-state index is 0.00721. The molecule has 120 valence electrons. The summed E-state index contributed by atoms with van der Waals surface area (Å²) in [5.41, 5.74) is 0.366. The molecule has 2 amide bonds.